The summed E-state index contributed by atoms with van der Waals surface area (Å²) in [5, 5.41) is 11.6. The monoisotopic (exact) mass is 522 g/mol. The molecule has 3 aliphatic rings. The molecule has 0 unspecified atom stereocenters. The normalized spacial score (nSPS) is 24.2. The van der Waals surface area contributed by atoms with Gasteiger partial charge in [-0.05, 0) is 55.4 Å². The highest BCUT2D eigenvalue weighted by Crippen LogP contribution is 2.50. The van der Waals surface area contributed by atoms with E-state index in [2.05, 4.69) is 33.1 Å². The van der Waals surface area contributed by atoms with Gasteiger partial charge in [-0.1, -0.05) is 12.1 Å². The number of amides is 1. The molecule has 1 N–H and O–H groups in total. The van der Waals surface area contributed by atoms with Crippen LogP contribution in [-0.4, -0.2) is 76.0 Å². The van der Waals surface area contributed by atoms with Crippen molar-refractivity contribution in [3.63, 3.8) is 0 Å². The molecule has 2 atom stereocenters. The van der Waals surface area contributed by atoms with E-state index >= 15 is 0 Å². The van der Waals surface area contributed by atoms with E-state index in [1.54, 1.807) is 7.11 Å². The fourth-order valence-electron chi connectivity index (χ4n) is 5.58. The van der Waals surface area contributed by atoms with E-state index in [0.29, 0.717) is 5.91 Å². The molecular formula is C26H33F3N4O4. The number of aryl methyl sites for hydroxylation is 1. The van der Waals surface area contributed by atoms with E-state index in [4.69, 9.17) is 14.6 Å². The number of carbonyl (C=O) groups excluding carboxylic acids is 1. The van der Waals surface area contributed by atoms with Gasteiger partial charge in [-0.3, -0.25) is 14.4 Å². The van der Waals surface area contributed by atoms with Gasteiger partial charge in [0.1, 0.15) is 5.75 Å². The Morgan fingerprint density at radius 2 is 1.89 bits per heavy atom. The van der Waals surface area contributed by atoms with Gasteiger partial charge in [-0.25, -0.2) is 4.79 Å². The highest BCUT2D eigenvalue weighted by molar-refractivity contribution is 5.85. The smallest absolute Gasteiger partial charge is 0.490 e. The minimum atomic E-state index is -5.08. The van der Waals surface area contributed by atoms with Crippen LogP contribution in [0, 0.1) is 11.3 Å². The Kier molecular flexibility index (Phi) is 7.82. The molecule has 1 aliphatic carbocycles. The maximum absolute atomic E-state index is 13.9. The maximum Gasteiger partial charge on any atom is 0.490 e. The zero-order chi connectivity index (χ0) is 26.8. The molecule has 1 saturated carbocycles. The second kappa shape index (κ2) is 10.7. The van der Waals surface area contributed by atoms with Crippen LogP contribution in [0.4, 0.5) is 13.2 Å². The Morgan fingerprint density at radius 3 is 2.43 bits per heavy atom. The fraction of sp³-hybridized carbons (Fsp3) is 0.577. The van der Waals surface area contributed by atoms with Crippen LogP contribution in [-0.2, 0) is 23.2 Å². The third kappa shape index (κ3) is 6.08. The van der Waals surface area contributed by atoms with E-state index in [1.165, 1.54) is 24.1 Å². The summed E-state index contributed by atoms with van der Waals surface area (Å²) in [6.07, 6.45) is 1.42. The molecule has 1 amide bonds. The van der Waals surface area contributed by atoms with Crippen molar-refractivity contribution in [3.8, 4) is 5.75 Å². The number of rotatable bonds is 6. The van der Waals surface area contributed by atoms with Gasteiger partial charge < -0.3 is 14.7 Å². The molecular weight excluding hydrogens is 489 g/mol. The Hall–Kier alpha value is -3.08. The number of aliphatic carboxylic acids is 1. The van der Waals surface area contributed by atoms with Crippen molar-refractivity contribution in [1.29, 1.82) is 0 Å². The highest BCUT2D eigenvalue weighted by atomic mass is 19.4. The topological polar surface area (TPSA) is 87.9 Å². The van der Waals surface area contributed by atoms with Crippen LogP contribution < -0.4 is 4.74 Å². The van der Waals surface area contributed by atoms with Gasteiger partial charge in [-0.15, -0.1) is 0 Å². The van der Waals surface area contributed by atoms with Gasteiger partial charge >= 0.3 is 12.1 Å². The largest absolute Gasteiger partial charge is 0.497 e. The number of alkyl halides is 3. The van der Waals surface area contributed by atoms with Gasteiger partial charge in [0, 0.05) is 57.6 Å². The standard InChI is InChI=1S/C24H32N4O2.C2HF3O2/c1-26-22(10-12-25-26)21-16-27(14-18-6-8-20(30-2)9-7-18)17-24(21)11-3-13-28(23(24)29)15-19-4-5-19;3-2(4,5)1(6)7/h6-10,12,19,21H,3-5,11,13-17H2,1-2H3;(H,6,7)/t21-,24+;/m0./s1. The SMILES string of the molecule is COc1ccc(CN2C[C@@H](c3ccnn3C)[C@@]3(CCCN(CC4CC4)C3=O)C2)cc1.O=C(O)C(F)(F)F. The molecule has 2 aliphatic heterocycles. The average molecular weight is 523 g/mol. The lowest BCUT2D eigenvalue weighted by Gasteiger charge is -2.42. The number of halogens is 3. The summed E-state index contributed by atoms with van der Waals surface area (Å²) >= 11 is 0. The van der Waals surface area contributed by atoms with Crippen LogP contribution in [0.5, 0.6) is 5.75 Å². The molecule has 37 heavy (non-hydrogen) atoms. The van der Waals surface area contributed by atoms with Gasteiger partial charge in [0.15, 0.2) is 0 Å². The Morgan fingerprint density at radius 1 is 1.22 bits per heavy atom. The van der Waals surface area contributed by atoms with Crippen molar-refractivity contribution >= 4 is 11.9 Å². The van der Waals surface area contributed by atoms with E-state index in [-0.39, 0.29) is 11.3 Å². The van der Waals surface area contributed by atoms with Crippen molar-refractivity contribution in [3.05, 3.63) is 47.8 Å². The minimum Gasteiger partial charge on any atom is -0.497 e. The van der Waals surface area contributed by atoms with Crippen LogP contribution in [0.25, 0.3) is 0 Å². The third-order valence-electron chi connectivity index (χ3n) is 7.58. The molecule has 11 heteroatoms. The predicted octanol–water partition coefficient (Wildman–Crippen LogP) is 3.68. The third-order valence-corrected chi connectivity index (χ3v) is 7.58. The number of piperidine rings is 1. The number of methoxy groups -OCH3 is 1. The maximum atomic E-state index is 13.9. The van der Waals surface area contributed by atoms with Crippen molar-refractivity contribution in [1.82, 2.24) is 19.6 Å². The van der Waals surface area contributed by atoms with Crippen LogP contribution in [0.1, 0.15) is 42.9 Å². The Labute approximate surface area is 214 Å². The van der Waals surface area contributed by atoms with Gasteiger partial charge in [0.2, 0.25) is 5.91 Å². The van der Waals surface area contributed by atoms with Crippen molar-refractivity contribution < 1.29 is 32.6 Å². The average Bonchev–Trinajstić information content (AvgIpc) is 3.46. The van der Waals surface area contributed by atoms with Crippen LogP contribution in [0.15, 0.2) is 36.5 Å². The predicted molar refractivity (Wildman–Crippen MR) is 129 cm³/mol. The molecule has 2 aromatic rings. The molecule has 1 aromatic carbocycles. The lowest BCUT2D eigenvalue weighted by atomic mass is 9.70. The van der Waals surface area contributed by atoms with Crippen molar-refractivity contribution in [2.24, 2.45) is 18.4 Å². The first kappa shape index (κ1) is 27.0. The summed E-state index contributed by atoms with van der Waals surface area (Å²) in [7, 11) is 3.70. The summed E-state index contributed by atoms with van der Waals surface area (Å²) < 4.78 is 39.0. The molecule has 5 rings (SSSR count). The number of aromatic nitrogens is 2. The Bertz CT molecular complexity index is 1100. The van der Waals surface area contributed by atoms with Crippen LogP contribution >= 0.6 is 0 Å². The zero-order valence-electron chi connectivity index (χ0n) is 21.1. The van der Waals surface area contributed by atoms with Gasteiger partial charge in [0.05, 0.1) is 12.5 Å². The van der Waals surface area contributed by atoms with Crippen LogP contribution in [0.3, 0.4) is 0 Å². The number of nitrogens with zero attached hydrogens (tertiary/aromatic N) is 4. The summed E-state index contributed by atoms with van der Waals surface area (Å²) in [6, 6.07) is 10.4. The lowest BCUT2D eigenvalue weighted by Crippen LogP contribution is -2.52. The van der Waals surface area contributed by atoms with E-state index in [9.17, 15) is 18.0 Å². The molecule has 1 aromatic heterocycles. The number of hydrogen-bond donors (Lipinski definition) is 1. The Balaban J connectivity index is 0.000000405. The van der Waals surface area contributed by atoms with Gasteiger partial charge in [-0.2, -0.15) is 18.3 Å². The lowest BCUT2D eigenvalue weighted by molar-refractivity contribution is -0.192. The zero-order valence-corrected chi connectivity index (χ0v) is 21.1. The van der Waals surface area contributed by atoms with E-state index in [1.807, 2.05) is 30.1 Å². The summed E-state index contributed by atoms with van der Waals surface area (Å²) in [6.45, 7) is 4.46. The second-order valence-corrected chi connectivity index (χ2v) is 10.2. The van der Waals surface area contributed by atoms with Crippen molar-refractivity contribution in [2.75, 3.05) is 33.3 Å². The number of carboxylic acids is 1. The number of carbonyl (C=O) groups is 2. The first-order valence-corrected chi connectivity index (χ1v) is 12.5. The number of likely N-dealkylation sites (tertiary alicyclic amines) is 2. The van der Waals surface area contributed by atoms with Gasteiger partial charge in [0.25, 0.3) is 0 Å². The molecule has 202 valence electrons. The van der Waals surface area contributed by atoms with Crippen LogP contribution in [0.2, 0.25) is 0 Å². The second-order valence-electron chi connectivity index (χ2n) is 10.2. The quantitative estimate of drug-likeness (QED) is 0.623. The summed E-state index contributed by atoms with van der Waals surface area (Å²) in [5.41, 5.74) is 2.12. The number of carboxylic acid groups (broad SMARTS) is 1. The molecule has 2 saturated heterocycles. The molecule has 3 heterocycles. The number of hydrogen-bond acceptors (Lipinski definition) is 5. The molecule has 8 nitrogen and oxygen atoms in total. The molecule has 0 bridgehead atoms. The molecule has 3 fully saturated rings. The van der Waals surface area contributed by atoms with E-state index in [0.717, 1.165) is 57.2 Å². The van der Waals surface area contributed by atoms with E-state index < -0.39 is 12.1 Å². The first-order valence-electron chi connectivity index (χ1n) is 12.5. The summed E-state index contributed by atoms with van der Waals surface area (Å²) in [5.74, 6) is -0.576. The molecule has 1 spiro atoms. The minimum absolute atomic E-state index is 0.192. The van der Waals surface area contributed by atoms with Crippen molar-refractivity contribution in [2.45, 2.75) is 44.3 Å². The fourth-order valence-corrected chi connectivity index (χ4v) is 5.58. The number of benzene rings is 1. The molecule has 0 radical (unpaired) electrons. The first-order chi connectivity index (χ1) is 17.5. The summed E-state index contributed by atoms with van der Waals surface area (Å²) in [4.78, 5) is 27.4. The number of ether oxygens (including phenoxy) is 1. The highest BCUT2D eigenvalue weighted by Gasteiger charge is 2.56.